The minimum absolute atomic E-state index is 0.124. The number of carboxylic acid groups (broad SMARTS) is 1. The Morgan fingerprint density at radius 3 is 2.53 bits per heavy atom. The van der Waals surface area contributed by atoms with Gasteiger partial charge in [-0.15, -0.1) is 0 Å². The number of halogens is 1. The Hall–Kier alpha value is -1.64. The lowest BCUT2D eigenvalue weighted by Crippen LogP contribution is -1.92. The van der Waals surface area contributed by atoms with Crippen LogP contribution in [0.2, 0.25) is 0 Å². The molecule has 3 heteroatoms. The molecule has 0 aliphatic rings. The summed E-state index contributed by atoms with van der Waals surface area (Å²) in [6.07, 6.45) is 2.47. The molecular formula is C12H13FO2. The Morgan fingerprint density at radius 1 is 1.40 bits per heavy atom. The molecule has 0 saturated carbocycles. The second-order valence-electron chi connectivity index (χ2n) is 3.33. The molecule has 0 aliphatic heterocycles. The normalized spacial score (nSPS) is 11.5. The molecule has 80 valence electrons. The first-order valence-electron chi connectivity index (χ1n) is 4.74. The third-order valence-corrected chi connectivity index (χ3v) is 2.11. The molecule has 0 saturated heterocycles. The van der Waals surface area contributed by atoms with Crippen LogP contribution in [0.25, 0.3) is 5.57 Å². The number of benzene rings is 1. The molecule has 2 nitrogen and oxygen atoms in total. The first-order valence-corrected chi connectivity index (χ1v) is 4.74. The van der Waals surface area contributed by atoms with Crippen molar-refractivity contribution in [2.45, 2.75) is 19.8 Å². The number of carboxylic acids is 1. The number of rotatable bonds is 4. The van der Waals surface area contributed by atoms with Gasteiger partial charge in [-0.3, -0.25) is 4.79 Å². The second kappa shape index (κ2) is 5.29. The summed E-state index contributed by atoms with van der Waals surface area (Å²) in [5, 5.41) is 8.45. The van der Waals surface area contributed by atoms with Crippen LogP contribution in [0, 0.1) is 5.82 Å². The van der Waals surface area contributed by atoms with E-state index in [4.69, 9.17) is 5.11 Å². The lowest BCUT2D eigenvalue weighted by atomic mass is 10.1. The van der Waals surface area contributed by atoms with Gasteiger partial charge in [0.2, 0.25) is 0 Å². The fraction of sp³-hybridized carbons (Fsp3) is 0.250. The van der Waals surface area contributed by atoms with E-state index in [1.807, 2.05) is 13.0 Å². The molecule has 15 heavy (non-hydrogen) atoms. The van der Waals surface area contributed by atoms with Gasteiger partial charge in [0, 0.05) is 6.42 Å². The summed E-state index contributed by atoms with van der Waals surface area (Å²) in [7, 11) is 0. The zero-order valence-electron chi connectivity index (χ0n) is 8.53. The van der Waals surface area contributed by atoms with Crippen LogP contribution >= 0.6 is 0 Å². The van der Waals surface area contributed by atoms with Gasteiger partial charge >= 0.3 is 5.97 Å². The Bertz CT molecular complexity index is 366. The van der Waals surface area contributed by atoms with Crippen LogP contribution in [-0.2, 0) is 4.79 Å². The number of hydrogen-bond donors (Lipinski definition) is 1. The quantitative estimate of drug-likeness (QED) is 0.825. The van der Waals surface area contributed by atoms with Gasteiger partial charge in [-0.1, -0.05) is 18.2 Å². The maximum absolute atomic E-state index is 12.6. The van der Waals surface area contributed by atoms with Gasteiger partial charge in [0.25, 0.3) is 0 Å². The summed E-state index contributed by atoms with van der Waals surface area (Å²) < 4.78 is 12.6. The average Bonchev–Trinajstić information content (AvgIpc) is 2.18. The van der Waals surface area contributed by atoms with Gasteiger partial charge in [0.05, 0.1) is 0 Å². The Labute approximate surface area is 88.1 Å². The molecule has 0 aliphatic carbocycles. The van der Waals surface area contributed by atoms with Crippen LogP contribution in [-0.4, -0.2) is 11.1 Å². The van der Waals surface area contributed by atoms with Crippen molar-refractivity contribution in [2.24, 2.45) is 0 Å². The van der Waals surface area contributed by atoms with Crippen LogP contribution in [0.4, 0.5) is 4.39 Å². The van der Waals surface area contributed by atoms with E-state index in [1.54, 1.807) is 12.1 Å². The number of aliphatic carboxylic acids is 1. The Kier molecular flexibility index (Phi) is 4.03. The summed E-state index contributed by atoms with van der Waals surface area (Å²) in [5.74, 6) is -1.07. The topological polar surface area (TPSA) is 37.3 Å². The monoisotopic (exact) mass is 208 g/mol. The van der Waals surface area contributed by atoms with E-state index < -0.39 is 5.97 Å². The van der Waals surface area contributed by atoms with Crippen molar-refractivity contribution in [3.05, 3.63) is 41.7 Å². The van der Waals surface area contributed by atoms with Crippen molar-refractivity contribution >= 4 is 11.5 Å². The lowest BCUT2D eigenvalue weighted by Gasteiger charge is -2.00. The third-order valence-electron chi connectivity index (χ3n) is 2.11. The largest absolute Gasteiger partial charge is 0.481 e. The fourth-order valence-corrected chi connectivity index (χ4v) is 1.24. The van der Waals surface area contributed by atoms with Gasteiger partial charge < -0.3 is 5.11 Å². The van der Waals surface area contributed by atoms with Gasteiger partial charge in [0.1, 0.15) is 5.82 Å². The summed E-state index contributed by atoms with van der Waals surface area (Å²) in [4.78, 5) is 10.3. The van der Waals surface area contributed by atoms with Crippen molar-refractivity contribution in [2.75, 3.05) is 0 Å². The minimum atomic E-state index is -0.807. The van der Waals surface area contributed by atoms with Gasteiger partial charge in [-0.2, -0.15) is 0 Å². The molecule has 0 spiro atoms. The second-order valence-corrected chi connectivity index (χ2v) is 3.33. The van der Waals surface area contributed by atoms with Crippen molar-refractivity contribution in [3.63, 3.8) is 0 Å². The predicted molar refractivity (Wildman–Crippen MR) is 56.9 cm³/mol. The highest BCUT2D eigenvalue weighted by atomic mass is 19.1. The van der Waals surface area contributed by atoms with Crippen LogP contribution in [0.5, 0.6) is 0 Å². The smallest absolute Gasteiger partial charge is 0.303 e. The molecule has 1 N–H and O–H groups in total. The first kappa shape index (κ1) is 11.4. The summed E-state index contributed by atoms with van der Waals surface area (Å²) in [6.45, 7) is 1.88. The highest BCUT2D eigenvalue weighted by Gasteiger charge is 1.97. The SMILES string of the molecule is C/C(=C\CCC(=O)O)c1ccc(F)cc1. The molecule has 0 aromatic heterocycles. The molecule has 0 fully saturated rings. The molecule has 0 atom stereocenters. The highest BCUT2D eigenvalue weighted by Crippen LogP contribution is 2.15. The number of allylic oxidation sites excluding steroid dienone is 2. The molecule has 1 aromatic rings. The Balaban J connectivity index is 2.63. The van der Waals surface area contributed by atoms with E-state index in [0.717, 1.165) is 11.1 Å². The van der Waals surface area contributed by atoms with Crippen molar-refractivity contribution in [1.82, 2.24) is 0 Å². The molecule has 1 aromatic carbocycles. The number of hydrogen-bond acceptors (Lipinski definition) is 1. The summed E-state index contributed by atoms with van der Waals surface area (Å²) >= 11 is 0. The van der Waals surface area contributed by atoms with Crippen molar-refractivity contribution in [3.8, 4) is 0 Å². The average molecular weight is 208 g/mol. The van der Waals surface area contributed by atoms with E-state index in [2.05, 4.69) is 0 Å². The maximum Gasteiger partial charge on any atom is 0.303 e. The van der Waals surface area contributed by atoms with Crippen LogP contribution < -0.4 is 0 Å². The van der Waals surface area contributed by atoms with Crippen LogP contribution in [0.1, 0.15) is 25.3 Å². The predicted octanol–water partition coefficient (Wildman–Crippen LogP) is 3.09. The Morgan fingerprint density at radius 2 is 2.00 bits per heavy atom. The molecule has 0 bridgehead atoms. The van der Waals surface area contributed by atoms with Crippen LogP contribution in [0.15, 0.2) is 30.3 Å². The van der Waals surface area contributed by atoms with E-state index in [1.165, 1.54) is 12.1 Å². The zero-order valence-corrected chi connectivity index (χ0v) is 8.53. The lowest BCUT2D eigenvalue weighted by molar-refractivity contribution is -0.136. The van der Waals surface area contributed by atoms with Gasteiger partial charge in [0.15, 0.2) is 0 Å². The van der Waals surface area contributed by atoms with Crippen LogP contribution in [0.3, 0.4) is 0 Å². The minimum Gasteiger partial charge on any atom is -0.481 e. The van der Waals surface area contributed by atoms with E-state index in [9.17, 15) is 9.18 Å². The molecule has 1 rings (SSSR count). The summed E-state index contributed by atoms with van der Waals surface area (Å²) in [5.41, 5.74) is 1.89. The first-order chi connectivity index (χ1) is 7.09. The molecule has 0 amide bonds. The van der Waals surface area contributed by atoms with E-state index in [0.29, 0.717) is 6.42 Å². The van der Waals surface area contributed by atoms with Gasteiger partial charge in [-0.05, 0) is 36.6 Å². The molecular weight excluding hydrogens is 195 g/mol. The van der Waals surface area contributed by atoms with E-state index in [-0.39, 0.29) is 12.2 Å². The zero-order chi connectivity index (χ0) is 11.3. The standard InChI is InChI=1S/C12H13FO2/c1-9(3-2-4-12(14)15)10-5-7-11(13)8-6-10/h3,5-8H,2,4H2,1H3,(H,14,15)/b9-3+. The van der Waals surface area contributed by atoms with Crippen molar-refractivity contribution < 1.29 is 14.3 Å². The van der Waals surface area contributed by atoms with E-state index >= 15 is 0 Å². The number of carbonyl (C=O) groups is 1. The summed E-state index contributed by atoms with van der Waals surface area (Å²) in [6, 6.07) is 6.15. The third kappa shape index (κ3) is 3.94. The fourth-order valence-electron chi connectivity index (χ4n) is 1.24. The molecule has 0 heterocycles. The highest BCUT2D eigenvalue weighted by molar-refractivity contribution is 5.68. The van der Waals surface area contributed by atoms with Crippen molar-refractivity contribution in [1.29, 1.82) is 0 Å². The molecule has 0 unspecified atom stereocenters. The van der Waals surface area contributed by atoms with Gasteiger partial charge in [-0.25, -0.2) is 4.39 Å². The maximum atomic E-state index is 12.6. The molecule has 0 radical (unpaired) electrons.